The summed E-state index contributed by atoms with van der Waals surface area (Å²) in [5.74, 6) is -0.362. The molecule has 0 rings (SSSR count). The minimum absolute atomic E-state index is 0.0725. The molecular weight excluding hydrogens is 613 g/mol. The van der Waals surface area contributed by atoms with Crippen molar-refractivity contribution in [2.24, 2.45) is 5.73 Å². The second kappa shape index (κ2) is 35.5. The van der Waals surface area contributed by atoms with Gasteiger partial charge in [0.05, 0.1) is 19.8 Å². The topological polar surface area (TPSA) is 117 Å². The first kappa shape index (κ1) is 45.2. The first-order valence-corrected chi connectivity index (χ1v) is 19.8. The van der Waals surface area contributed by atoms with Crippen molar-refractivity contribution < 1.29 is 32.8 Å². The molecule has 0 heterocycles. The number of nitrogens with two attached hydrogens (primary N) is 1. The van der Waals surface area contributed by atoms with Crippen LogP contribution in [0, 0.1) is 0 Å². The smallest absolute Gasteiger partial charge is 0.457 e. The van der Waals surface area contributed by atoms with E-state index in [4.69, 9.17) is 24.3 Å². The Bertz CT molecular complexity index is 900. The van der Waals surface area contributed by atoms with Gasteiger partial charge in [-0.05, 0) is 70.6 Å². The summed E-state index contributed by atoms with van der Waals surface area (Å²) in [5.41, 5.74) is 5.34. The van der Waals surface area contributed by atoms with Crippen LogP contribution in [0.5, 0.6) is 0 Å². The molecular formula is C38H68NO7P. The van der Waals surface area contributed by atoms with Gasteiger partial charge < -0.3 is 20.1 Å². The van der Waals surface area contributed by atoms with Crippen LogP contribution in [-0.2, 0) is 27.9 Å². The fourth-order valence-corrected chi connectivity index (χ4v) is 5.29. The molecule has 0 amide bonds. The van der Waals surface area contributed by atoms with Gasteiger partial charge in [-0.15, -0.1) is 0 Å². The molecule has 47 heavy (non-hydrogen) atoms. The van der Waals surface area contributed by atoms with Gasteiger partial charge in [-0.3, -0.25) is 13.8 Å². The van der Waals surface area contributed by atoms with E-state index in [0.717, 1.165) is 70.6 Å². The van der Waals surface area contributed by atoms with Gasteiger partial charge in [0.2, 0.25) is 0 Å². The van der Waals surface area contributed by atoms with Gasteiger partial charge in [-0.1, -0.05) is 120 Å². The fraction of sp³-hybridized carbons (Fsp3) is 0.711. The van der Waals surface area contributed by atoms with Gasteiger partial charge in [-0.2, -0.15) is 0 Å². The molecule has 0 spiro atoms. The van der Waals surface area contributed by atoms with Crippen molar-refractivity contribution in [1.29, 1.82) is 0 Å². The first-order valence-electron chi connectivity index (χ1n) is 18.3. The maximum atomic E-state index is 12.5. The molecule has 2 unspecified atom stereocenters. The van der Waals surface area contributed by atoms with Crippen molar-refractivity contribution in [3.8, 4) is 0 Å². The van der Waals surface area contributed by atoms with E-state index in [0.29, 0.717) is 13.0 Å². The van der Waals surface area contributed by atoms with Crippen LogP contribution in [0.15, 0.2) is 60.8 Å². The van der Waals surface area contributed by atoms with Gasteiger partial charge in [0.1, 0.15) is 6.10 Å². The molecule has 272 valence electrons. The summed E-state index contributed by atoms with van der Waals surface area (Å²) in [6.45, 7) is 4.60. The number of allylic oxidation sites excluding steroid dienone is 10. The number of rotatable bonds is 34. The predicted octanol–water partition coefficient (Wildman–Crippen LogP) is 10.2. The monoisotopic (exact) mass is 681 g/mol. The summed E-state index contributed by atoms with van der Waals surface area (Å²) in [5, 5.41) is 0. The normalized spacial score (nSPS) is 14.4. The van der Waals surface area contributed by atoms with Crippen LogP contribution >= 0.6 is 7.82 Å². The summed E-state index contributed by atoms with van der Waals surface area (Å²) >= 11 is 0. The van der Waals surface area contributed by atoms with E-state index >= 15 is 0 Å². The number of hydrogen-bond donors (Lipinski definition) is 2. The minimum atomic E-state index is -4.29. The van der Waals surface area contributed by atoms with Crippen molar-refractivity contribution in [3.63, 3.8) is 0 Å². The van der Waals surface area contributed by atoms with Gasteiger partial charge >= 0.3 is 13.8 Å². The molecule has 0 aliphatic heterocycles. The molecule has 3 N–H and O–H groups in total. The Kier molecular flexibility index (Phi) is 34.1. The lowest BCUT2D eigenvalue weighted by atomic mass is 10.1. The summed E-state index contributed by atoms with van der Waals surface area (Å²) in [6.07, 6.45) is 41.0. The molecule has 2 atom stereocenters. The number of carbonyl (C=O) groups excluding carboxylic acids is 1. The van der Waals surface area contributed by atoms with Crippen LogP contribution in [0.4, 0.5) is 0 Å². The summed E-state index contributed by atoms with van der Waals surface area (Å²) in [4.78, 5) is 22.3. The van der Waals surface area contributed by atoms with Crippen molar-refractivity contribution in [3.05, 3.63) is 60.8 Å². The second-order valence-corrected chi connectivity index (χ2v) is 13.2. The van der Waals surface area contributed by atoms with Crippen LogP contribution in [0.3, 0.4) is 0 Å². The van der Waals surface area contributed by atoms with E-state index in [-0.39, 0.29) is 32.3 Å². The largest absolute Gasteiger partial charge is 0.472 e. The molecule has 0 bridgehead atoms. The van der Waals surface area contributed by atoms with Gasteiger partial charge in [0, 0.05) is 19.6 Å². The molecule has 0 aromatic rings. The highest BCUT2D eigenvalue weighted by molar-refractivity contribution is 7.47. The van der Waals surface area contributed by atoms with Crippen LogP contribution in [0.2, 0.25) is 0 Å². The number of phosphoric ester groups is 1. The van der Waals surface area contributed by atoms with Gasteiger partial charge in [-0.25, -0.2) is 4.57 Å². The number of esters is 1. The molecule has 0 aromatic carbocycles. The average molecular weight is 682 g/mol. The van der Waals surface area contributed by atoms with E-state index < -0.39 is 13.9 Å². The highest BCUT2D eigenvalue weighted by atomic mass is 31.2. The second-order valence-electron chi connectivity index (χ2n) is 11.7. The Morgan fingerprint density at radius 2 is 1.19 bits per heavy atom. The summed E-state index contributed by atoms with van der Waals surface area (Å²) in [6, 6.07) is 0. The third-order valence-corrected chi connectivity index (χ3v) is 8.15. The molecule has 0 saturated heterocycles. The number of ether oxygens (including phenoxy) is 2. The highest BCUT2D eigenvalue weighted by Crippen LogP contribution is 2.43. The zero-order valence-electron chi connectivity index (χ0n) is 29.7. The van der Waals surface area contributed by atoms with E-state index in [1.807, 2.05) is 0 Å². The molecule has 8 nitrogen and oxygen atoms in total. The van der Waals surface area contributed by atoms with E-state index in [1.165, 1.54) is 44.9 Å². The number of phosphoric acid groups is 1. The number of carbonyl (C=O) groups is 1. The zero-order chi connectivity index (χ0) is 34.5. The Labute approximate surface area is 287 Å². The lowest BCUT2D eigenvalue weighted by Crippen LogP contribution is -2.28. The van der Waals surface area contributed by atoms with Crippen molar-refractivity contribution in [1.82, 2.24) is 0 Å². The lowest BCUT2D eigenvalue weighted by Gasteiger charge is -2.20. The summed E-state index contributed by atoms with van der Waals surface area (Å²) in [7, 11) is -4.29. The molecule has 0 aromatic heterocycles. The number of hydrogen-bond acceptors (Lipinski definition) is 7. The quantitative estimate of drug-likeness (QED) is 0.0298. The maximum absolute atomic E-state index is 12.5. The van der Waals surface area contributed by atoms with E-state index in [1.54, 1.807) is 0 Å². The predicted molar refractivity (Wildman–Crippen MR) is 196 cm³/mol. The van der Waals surface area contributed by atoms with Gasteiger partial charge in [0.25, 0.3) is 0 Å². The Hall–Kier alpha value is -1.80. The van der Waals surface area contributed by atoms with E-state index in [2.05, 4.69) is 74.6 Å². The van der Waals surface area contributed by atoms with Crippen LogP contribution in [-0.4, -0.2) is 49.9 Å². The molecule has 0 aliphatic rings. The molecule has 9 heteroatoms. The third-order valence-electron chi connectivity index (χ3n) is 7.17. The fourth-order valence-electron chi connectivity index (χ4n) is 4.52. The van der Waals surface area contributed by atoms with E-state index in [9.17, 15) is 14.3 Å². The highest BCUT2D eigenvalue weighted by Gasteiger charge is 2.25. The molecule has 0 aliphatic carbocycles. The molecule has 0 radical (unpaired) electrons. The zero-order valence-corrected chi connectivity index (χ0v) is 30.6. The standard InChI is InChI=1S/C38H68NO7P/c1-3-5-7-9-11-13-15-17-19-21-23-25-27-29-31-38(40)46-37(36-45-47(41,42)44-34-32-39)35-43-33-30-28-26-24-22-20-18-16-14-12-10-8-6-4-2/h6,8,12,14-15,17-18,20,24,26,37H,3-5,7,9-11,13,16,19,21-23,25,27-36,39H2,1-2H3,(H,41,42)/b8-6-,14-12-,17-15-,20-18-,26-24-. The molecule has 0 saturated carbocycles. The summed E-state index contributed by atoms with van der Waals surface area (Å²) < 4.78 is 33.2. The molecule has 0 fully saturated rings. The van der Waals surface area contributed by atoms with Crippen LogP contribution < -0.4 is 5.73 Å². The number of unbranched alkanes of at least 4 members (excludes halogenated alkanes) is 11. The van der Waals surface area contributed by atoms with Crippen LogP contribution in [0.1, 0.15) is 136 Å². The average Bonchev–Trinajstić information content (AvgIpc) is 3.06. The lowest BCUT2D eigenvalue weighted by molar-refractivity contribution is -0.154. The van der Waals surface area contributed by atoms with Crippen molar-refractivity contribution in [2.75, 3.05) is 33.0 Å². The van der Waals surface area contributed by atoms with Gasteiger partial charge in [0.15, 0.2) is 0 Å². The SMILES string of the molecule is CC/C=C\C/C=C\C/C=C\C/C=C\CCCOCC(COP(=O)(O)OCCN)OC(=O)CCCCCCC/C=C\CCCCCCC. The van der Waals surface area contributed by atoms with Crippen molar-refractivity contribution in [2.45, 2.75) is 142 Å². The van der Waals surface area contributed by atoms with Crippen LogP contribution in [0.25, 0.3) is 0 Å². The minimum Gasteiger partial charge on any atom is -0.457 e. The Morgan fingerprint density at radius 1 is 0.660 bits per heavy atom. The first-order chi connectivity index (χ1) is 22.9. The Balaban J connectivity index is 4.24. The third kappa shape index (κ3) is 35.3. The maximum Gasteiger partial charge on any atom is 0.472 e. The Morgan fingerprint density at radius 3 is 1.81 bits per heavy atom. The van der Waals surface area contributed by atoms with Crippen molar-refractivity contribution >= 4 is 13.8 Å².